The molecule has 0 saturated carbocycles. The van der Waals surface area contributed by atoms with Gasteiger partial charge >= 0.3 is 6.03 Å². The topological polar surface area (TPSA) is 170 Å². The second-order valence-corrected chi connectivity index (χ2v) is 14.2. The van der Waals surface area contributed by atoms with Crippen molar-refractivity contribution in [3.8, 4) is 11.1 Å². The number of amides is 3. The molecule has 0 aromatic heterocycles. The van der Waals surface area contributed by atoms with Gasteiger partial charge in [0.2, 0.25) is 15.9 Å². The summed E-state index contributed by atoms with van der Waals surface area (Å²) in [6.45, 7) is 7.93. The summed E-state index contributed by atoms with van der Waals surface area (Å²) in [5, 5.41) is 15.0. The van der Waals surface area contributed by atoms with E-state index in [1.54, 1.807) is 29.2 Å². The van der Waals surface area contributed by atoms with Crippen LogP contribution in [-0.4, -0.2) is 86.6 Å². The fourth-order valence-corrected chi connectivity index (χ4v) is 7.48. The summed E-state index contributed by atoms with van der Waals surface area (Å²) in [7, 11) is -3.67. The molecular weight excluding hydrogens is 643 g/mol. The lowest BCUT2D eigenvalue weighted by molar-refractivity contribution is -0.127. The SMILES string of the molecule is C=NCc1cccc(NC(=O)NCCCN(CCC)C(=O)C2=Cc3ccc(-c4cccc(S(=O)(=O)N5CC(CO)C5)c4)cc3N=C(N)C2)c1. The Balaban J connectivity index is 1.24. The third-order valence-electron chi connectivity index (χ3n) is 8.41. The maximum absolute atomic E-state index is 13.8. The molecule has 2 aliphatic heterocycles. The van der Waals surface area contributed by atoms with Crippen LogP contribution >= 0.6 is 0 Å². The highest BCUT2D eigenvalue weighted by atomic mass is 32.2. The number of hydrogen-bond acceptors (Lipinski definition) is 8. The summed E-state index contributed by atoms with van der Waals surface area (Å²) in [5.41, 5.74) is 11.2. The van der Waals surface area contributed by atoms with Gasteiger partial charge in [-0.05, 0) is 72.7 Å². The average Bonchev–Trinajstić information content (AvgIpc) is 3.23. The predicted octanol–water partition coefficient (Wildman–Crippen LogP) is 4.39. The molecule has 3 amide bonds. The zero-order valence-corrected chi connectivity index (χ0v) is 28.5. The number of fused-ring (bicyclic) bond motifs is 1. The maximum atomic E-state index is 13.8. The molecule has 0 atom stereocenters. The van der Waals surface area contributed by atoms with Crippen LogP contribution in [0.3, 0.4) is 0 Å². The molecule has 0 spiro atoms. The molecule has 3 aromatic rings. The van der Waals surface area contributed by atoms with Crippen LogP contribution in [0.25, 0.3) is 17.2 Å². The number of carbonyl (C=O) groups is 2. The van der Waals surface area contributed by atoms with E-state index in [9.17, 15) is 23.1 Å². The van der Waals surface area contributed by atoms with E-state index in [1.165, 1.54) is 4.31 Å². The molecule has 258 valence electrons. The van der Waals surface area contributed by atoms with E-state index in [4.69, 9.17) is 5.73 Å². The van der Waals surface area contributed by atoms with Gasteiger partial charge in [-0.2, -0.15) is 4.31 Å². The molecule has 13 heteroatoms. The van der Waals surface area contributed by atoms with Crippen molar-refractivity contribution in [2.24, 2.45) is 21.6 Å². The molecular formula is C36H43N7O5S. The number of amidine groups is 1. The number of nitrogens with one attached hydrogen (secondary N) is 2. The second-order valence-electron chi connectivity index (χ2n) is 12.2. The first kappa shape index (κ1) is 35.5. The van der Waals surface area contributed by atoms with Gasteiger partial charge in [-0.25, -0.2) is 18.2 Å². The van der Waals surface area contributed by atoms with E-state index in [0.717, 1.165) is 23.1 Å². The highest BCUT2D eigenvalue weighted by molar-refractivity contribution is 7.89. The quantitative estimate of drug-likeness (QED) is 0.145. The third-order valence-corrected chi connectivity index (χ3v) is 10.2. The molecule has 0 radical (unpaired) electrons. The van der Waals surface area contributed by atoms with Crippen molar-refractivity contribution in [2.45, 2.75) is 37.6 Å². The van der Waals surface area contributed by atoms with Crippen molar-refractivity contribution in [1.29, 1.82) is 0 Å². The molecule has 0 bridgehead atoms. The molecule has 0 aliphatic carbocycles. The van der Waals surface area contributed by atoms with Gasteiger partial charge in [0.05, 0.1) is 17.1 Å². The van der Waals surface area contributed by atoms with Gasteiger partial charge in [-0.15, -0.1) is 0 Å². The number of aliphatic hydroxyl groups excluding tert-OH is 1. The van der Waals surface area contributed by atoms with Crippen LogP contribution in [0, 0.1) is 5.92 Å². The summed E-state index contributed by atoms with van der Waals surface area (Å²) < 4.78 is 27.6. The molecule has 2 heterocycles. The van der Waals surface area contributed by atoms with Crippen molar-refractivity contribution in [2.75, 3.05) is 44.6 Å². The molecule has 5 rings (SSSR count). The first-order valence-corrected chi connectivity index (χ1v) is 17.8. The number of aliphatic imine (C=N–C) groups is 2. The lowest BCUT2D eigenvalue weighted by Crippen LogP contribution is -2.51. The number of sulfonamides is 1. The fourth-order valence-electron chi connectivity index (χ4n) is 5.84. The van der Waals surface area contributed by atoms with Gasteiger partial charge in [-0.1, -0.05) is 43.3 Å². The molecule has 1 fully saturated rings. The number of aliphatic hydroxyl groups is 1. The summed E-state index contributed by atoms with van der Waals surface area (Å²) in [4.78, 5) is 36.6. The Kier molecular flexibility index (Phi) is 11.6. The van der Waals surface area contributed by atoms with Crippen LogP contribution in [0.5, 0.6) is 0 Å². The minimum Gasteiger partial charge on any atom is -0.396 e. The van der Waals surface area contributed by atoms with Gasteiger partial charge in [0.1, 0.15) is 5.84 Å². The van der Waals surface area contributed by atoms with Crippen molar-refractivity contribution in [3.63, 3.8) is 0 Å². The molecule has 3 aromatic carbocycles. The van der Waals surface area contributed by atoms with E-state index in [2.05, 4.69) is 27.3 Å². The van der Waals surface area contributed by atoms with Crippen LogP contribution in [0.2, 0.25) is 0 Å². The normalized spacial score (nSPS) is 14.8. The van der Waals surface area contributed by atoms with Gasteiger partial charge in [0, 0.05) is 68.5 Å². The monoisotopic (exact) mass is 685 g/mol. The van der Waals surface area contributed by atoms with E-state index in [0.29, 0.717) is 74.0 Å². The Labute approximate surface area is 287 Å². The van der Waals surface area contributed by atoms with Gasteiger partial charge in [0.25, 0.3) is 0 Å². The van der Waals surface area contributed by atoms with Crippen molar-refractivity contribution < 1.29 is 23.1 Å². The zero-order valence-electron chi connectivity index (χ0n) is 27.6. The Morgan fingerprint density at radius 1 is 1.08 bits per heavy atom. The standard InChI is InChI=1S/C36H43N7O5S/c1-3-14-42(15-6-13-39-36(46)40-31-9-4-7-25(16-31)21-38-2)35(45)30-17-29-12-11-28(19-33(29)41-34(37)20-30)27-8-5-10-32(18-27)49(47,48)43-22-26(23-43)24-44/h4-5,7-12,16-19,26,44H,2-3,6,13-15,20-24H2,1H3,(H2,37,41)(H2,39,40,46). The smallest absolute Gasteiger partial charge is 0.319 e. The summed E-state index contributed by atoms with van der Waals surface area (Å²) in [5.74, 6) is 0.127. The van der Waals surface area contributed by atoms with Crippen molar-refractivity contribution in [3.05, 3.63) is 83.4 Å². The lowest BCUT2D eigenvalue weighted by Gasteiger charge is -2.36. The van der Waals surface area contributed by atoms with Gasteiger partial charge in [-0.3, -0.25) is 9.79 Å². The Bertz CT molecular complexity index is 1870. The summed E-state index contributed by atoms with van der Waals surface area (Å²) in [6.07, 6.45) is 3.33. The average molecular weight is 686 g/mol. The van der Waals surface area contributed by atoms with Crippen LogP contribution in [0.15, 0.2) is 87.2 Å². The van der Waals surface area contributed by atoms with Crippen LogP contribution < -0.4 is 16.4 Å². The minimum absolute atomic E-state index is 0.0321. The molecule has 49 heavy (non-hydrogen) atoms. The van der Waals surface area contributed by atoms with E-state index in [-0.39, 0.29) is 35.8 Å². The van der Waals surface area contributed by atoms with E-state index in [1.807, 2.05) is 55.5 Å². The summed E-state index contributed by atoms with van der Waals surface area (Å²) in [6, 6.07) is 19.4. The number of carbonyl (C=O) groups excluding carboxylic acids is 2. The fraction of sp³-hybridized carbons (Fsp3) is 0.333. The molecule has 2 aliphatic rings. The Morgan fingerprint density at radius 2 is 1.86 bits per heavy atom. The van der Waals surface area contributed by atoms with Crippen LogP contribution in [0.4, 0.5) is 16.2 Å². The number of rotatable bonds is 14. The minimum atomic E-state index is -3.67. The van der Waals surface area contributed by atoms with Gasteiger partial charge in [0.15, 0.2) is 0 Å². The first-order chi connectivity index (χ1) is 23.6. The van der Waals surface area contributed by atoms with Gasteiger partial charge < -0.3 is 26.4 Å². The first-order valence-electron chi connectivity index (χ1n) is 16.4. The summed E-state index contributed by atoms with van der Waals surface area (Å²) >= 11 is 0. The Hall–Kier alpha value is -4.85. The Morgan fingerprint density at radius 3 is 2.61 bits per heavy atom. The van der Waals surface area contributed by atoms with E-state index >= 15 is 0 Å². The number of anilines is 1. The number of benzene rings is 3. The third kappa shape index (κ3) is 8.79. The van der Waals surface area contributed by atoms with Crippen molar-refractivity contribution in [1.82, 2.24) is 14.5 Å². The number of nitrogens with two attached hydrogens (primary N) is 1. The molecule has 1 saturated heterocycles. The van der Waals surface area contributed by atoms with Crippen LogP contribution in [0.1, 0.15) is 37.3 Å². The van der Waals surface area contributed by atoms with Crippen molar-refractivity contribution >= 4 is 52.0 Å². The lowest BCUT2D eigenvalue weighted by atomic mass is 10.0. The number of urea groups is 1. The predicted molar refractivity (Wildman–Crippen MR) is 193 cm³/mol. The maximum Gasteiger partial charge on any atom is 0.319 e. The van der Waals surface area contributed by atoms with Crippen LogP contribution in [-0.2, 0) is 21.4 Å². The largest absolute Gasteiger partial charge is 0.396 e. The second kappa shape index (κ2) is 16.0. The molecule has 12 nitrogen and oxygen atoms in total. The highest BCUT2D eigenvalue weighted by Gasteiger charge is 2.36. The van der Waals surface area contributed by atoms with E-state index < -0.39 is 10.0 Å². The zero-order chi connectivity index (χ0) is 35.0. The number of nitrogens with zero attached hydrogens (tertiary/aromatic N) is 4. The highest BCUT2D eigenvalue weighted by Crippen LogP contribution is 2.34. The number of hydrogen-bond donors (Lipinski definition) is 4. The molecule has 0 unspecified atom stereocenters. The molecule has 5 N–H and O–H groups in total.